The van der Waals surface area contributed by atoms with Crippen LogP contribution >= 0.6 is 11.6 Å². The average molecular weight is 374 g/mol. The number of nitrogens with one attached hydrogen (secondary N) is 1. The maximum atomic E-state index is 9.95. The van der Waals surface area contributed by atoms with Crippen LogP contribution in [0, 0.1) is 13.8 Å². The molecule has 7 heteroatoms. The van der Waals surface area contributed by atoms with Crippen LogP contribution in [0.4, 0.5) is 0 Å². The lowest BCUT2D eigenvalue weighted by Crippen LogP contribution is -2.13. The molecule has 0 radical (unpaired) electrons. The topological polar surface area (TPSA) is 93.3 Å². The SMILES string of the molecule is CC(C)N=C/C(=C\N)NC=O.Cc1ccc(C)c(-c2cncc(Cl)n2)c1. The van der Waals surface area contributed by atoms with E-state index in [1.165, 1.54) is 29.7 Å². The van der Waals surface area contributed by atoms with Crippen molar-refractivity contribution in [3.8, 4) is 11.3 Å². The zero-order valence-electron chi connectivity index (χ0n) is 15.4. The number of rotatable bonds is 5. The van der Waals surface area contributed by atoms with Gasteiger partial charge in [0, 0.05) is 24.0 Å². The Labute approximate surface area is 159 Å². The molecule has 2 rings (SSSR count). The van der Waals surface area contributed by atoms with Crippen molar-refractivity contribution in [2.24, 2.45) is 10.7 Å². The second kappa shape index (κ2) is 11.0. The number of amides is 1. The number of halogens is 1. The Morgan fingerprint density at radius 2 is 2.04 bits per heavy atom. The molecule has 0 aliphatic carbocycles. The zero-order chi connectivity index (χ0) is 19.5. The van der Waals surface area contributed by atoms with Crippen molar-refractivity contribution in [1.82, 2.24) is 15.3 Å². The van der Waals surface area contributed by atoms with Crippen LogP contribution in [0.5, 0.6) is 0 Å². The largest absolute Gasteiger partial charge is 0.403 e. The first-order valence-electron chi connectivity index (χ1n) is 8.07. The van der Waals surface area contributed by atoms with Gasteiger partial charge in [0.25, 0.3) is 0 Å². The van der Waals surface area contributed by atoms with Gasteiger partial charge in [0.05, 0.1) is 23.8 Å². The zero-order valence-corrected chi connectivity index (χ0v) is 16.2. The Balaban J connectivity index is 0.000000276. The number of hydrogen-bond donors (Lipinski definition) is 2. The quantitative estimate of drug-likeness (QED) is 0.620. The molecule has 0 bridgehead atoms. The van der Waals surface area contributed by atoms with Crippen molar-refractivity contribution >= 4 is 24.2 Å². The van der Waals surface area contributed by atoms with E-state index in [9.17, 15) is 4.79 Å². The van der Waals surface area contributed by atoms with E-state index in [2.05, 4.69) is 52.3 Å². The highest BCUT2D eigenvalue weighted by atomic mass is 35.5. The number of nitrogens with two attached hydrogens (primary N) is 1. The fraction of sp³-hybridized carbons (Fsp3) is 0.263. The molecule has 3 N–H and O–H groups in total. The van der Waals surface area contributed by atoms with Gasteiger partial charge in [-0.25, -0.2) is 4.98 Å². The number of nitrogens with zero attached hydrogens (tertiary/aromatic N) is 3. The third kappa shape index (κ3) is 7.44. The predicted molar refractivity (Wildman–Crippen MR) is 107 cm³/mol. The third-order valence-electron chi connectivity index (χ3n) is 3.19. The van der Waals surface area contributed by atoms with Crippen LogP contribution in [0.3, 0.4) is 0 Å². The minimum Gasteiger partial charge on any atom is -0.403 e. The Bertz CT molecular complexity index is 787. The highest BCUT2D eigenvalue weighted by molar-refractivity contribution is 6.29. The van der Waals surface area contributed by atoms with Crippen LogP contribution < -0.4 is 11.1 Å². The number of benzene rings is 1. The molecule has 0 saturated heterocycles. The molecule has 2 aromatic rings. The molecule has 138 valence electrons. The fourth-order valence-corrected chi connectivity index (χ4v) is 2.06. The lowest BCUT2D eigenvalue weighted by atomic mass is 10.0. The molecule has 0 aliphatic rings. The second-order valence-electron chi connectivity index (χ2n) is 5.80. The first-order chi connectivity index (χ1) is 12.4. The standard InChI is InChI=1S/C12H11ClN2.C7H13N3O/c1-8-3-4-9(2)10(5-8)11-6-14-7-12(13)15-11;1-6(2)9-4-7(3-8)10-5-11/h3-7H,1-2H3;3-6H,8H2,1-2H3,(H,10,11)/b;7-3+,9-4?. The molecule has 0 aliphatic heterocycles. The van der Waals surface area contributed by atoms with Crippen molar-refractivity contribution in [2.75, 3.05) is 0 Å². The summed E-state index contributed by atoms with van der Waals surface area (Å²) < 4.78 is 0. The number of aryl methyl sites for hydroxylation is 2. The van der Waals surface area contributed by atoms with E-state index in [0.29, 0.717) is 17.3 Å². The van der Waals surface area contributed by atoms with Gasteiger partial charge in [0.15, 0.2) is 0 Å². The molecule has 1 aromatic carbocycles. The minimum absolute atomic E-state index is 0.207. The van der Waals surface area contributed by atoms with E-state index >= 15 is 0 Å². The summed E-state index contributed by atoms with van der Waals surface area (Å²) in [7, 11) is 0. The lowest BCUT2D eigenvalue weighted by Gasteiger charge is -2.05. The monoisotopic (exact) mass is 373 g/mol. The van der Waals surface area contributed by atoms with Gasteiger partial charge in [-0.3, -0.25) is 14.8 Å². The van der Waals surface area contributed by atoms with E-state index in [1.807, 2.05) is 13.8 Å². The van der Waals surface area contributed by atoms with Gasteiger partial charge >= 0.3 is 0 Å². The normalized spacial score (nSPS) is 11.2. The molecular weight excluding hydrogens is 350 g/mol. The smallest absolute Gasteiger partial charge is 0.211 e. The van der Waals surface area contributed by atoms with Crippen LogP contribution in [0.2, 0.25) is 5.15 Å². The molecule has 0 fully saturated rings. The second-order valence-corrected chi connectivity index (χ2v) is 6.19. The Morgan fingerprint density at radius 3 is 2.62 bits per heavy atom. The van der Waals surface area contributed by atoms with Crippen molar-refractivity contribution < 1.29 is 4.79 Å². The summed E-state index contributed by atoms with van der Waals surface area (Å²) in [5, 5.41) is 2.82. The van der Waals surface area contributed by atoms with Crippen molar-refractivity contribution in [1.29, 1.82) is 0 Å². The van der Waals surface area contributed by atoms with Gasteiger partial charge in [-0.1, -0.05) is 29.3 Å². The maximum absolute atomic E-state index is 9.95. The van der Waals surface area contributed by atoms with E-state index in [1.54, 1.807) is 6.20 Å². The van der Waals surface area contributed by atoms with Crippen LogP contribution in [0.15, 0.2) is 47.5 Å². The molecule has 26 heavy (non-hydrogen) atoms. The predicted octanol–water partition coefficient (Wildman–Crippen LogP) is 3.43. The van der Waals surface area contributed by atoms with Crippen molar-refractivity contribution in [2.45, 2.75) is 33.7 Å². The molecule has 0 unspecified atom stereocenters. The Kier molecular flexibility index (Phi) is 9.01. The maximum Gasteiger partial charge on any atom is 0.211 e. The molecule has 6 nitrogen and oxygen atoms in total. The number of allylic oxidation sites excluding steroid dienone is 1. The van der Waals surface area contributed by atoms with E-state index < -0.39 is 0 Å². The van der Waals surface area contributed by atoms with Gasteiger partial charge in [-0.2, -0.15) is 0 Å². The average Bonchev–Trinajstić information content (AvgIpc) is 2.61. The van der Waals surface area contributed by atoms with Crippen molar-refractivity contribution in [3.63, 3.8) is 0 Å². The Hall–Kier alpha value is -2.73. The highest BCUT2D eigenvalue weighted by Crippen LogP contribution is 2.22. The molecule has 0 atom stereocenters. The van der Waals surface area contributed by atoms with Crippen LogP contribution in [0.1, 0.15) is 25.0 Å². The Morgan fingerprint density at radius 1 is 1.31 bits per heavy atom. The lowest BCUT2D eigenvalue weighted by molar-refractivity contribution is -0.108. The number of aliphatic imine (C=N–C) groups is 1. The molecule has 1 amide bonds. The number of hydrogen-bond acceptors (Lipinski definition) is 5. The van der Waals surface area contributed by atoms with Gasteiger partial charge in [0.2, 0.25) is 6.41 Å². The van der Waals surface area contributed by atoms with Crippen LogP contribution in [-0.4, -0.2) is 28.6 Å². The summed E-state index contributed by atoms with van der Waals surface area (Å²) in [4.78, 5) is 22.3. The summed E-state index contributed by atoms with van der Waals surface area (Å²) >= 11 is 5.81. The molecule has 0 spiro atoms. The minimum atomic E-state index is 0.207. The van der Waals surface area contributed by atoms with Gasteiger partial charge < -0.3 is 11.1 Å². The van der Waals surface area contributed by atoms with Crippen LogP contribution in [0.25, 0.3) is 11.3 Å². The van der Waals surface area contributed by atoms with Crippen molar-refractivity contribution in [3.05, 3.63) is 58.8 Å². The van der Waals surface area contributed by atoms with Crippen LogP contribution in [-0.2, 0) is 4.79 Å². The first-order valence-corrected chi connectivity index (χ1v) is 8.45. The molecule has 1 heterocycles. The third-order valence-corrected chi connectivity index (χ3v) is 3.37. The van der Waals surface area contributed by atoms with E-state index in [-0.39, 0.29) is 6.04 Å². The summed E-state index contributed by atoms with van der Waals surface area (Å²) in [6.07, 6.45) is 6.65. The summed E-state index contributed by atoms with van der Waals surface area (Å²) in [6, 6.07) is 6.46. The summed E-state index contributed by atoms with van der Waals surface area (Å²) in [5.41, 5.74) is 9.97. The number of carbonyl (C=O) groups is 1. The van der Waals surface area contributed by atoms with Gasteiger partial charge in [0.1, 0.15) is 5.15 Å². The first kappa shape index (κ1) is 21.3. The number of carbonyl (C=O) groups excluding carboxylic acids is 1. The molecular formula is C19H24ClN5O. The number of aromatic nitrogens is 2. The highest BCUT2D eigenvalue weighted by Gasteiger charge is 2.04. The van der Waals surface area contributed by atoms with Gasteiger partial charge in [-0.15, -0.1) is 0 Å². The molecule has 1 aromatic heterocycles. The van der Waals surface area contributed by atoms with E-state index in [0.717, 1.165) is 11.3 Å². The summed E-state index contributed by atoms with van der Waals surface area (Å²) in [5.74, 6) is 0. The summed E-state index contributed by atoms with van der Waals surface area (Å²) in [6.45, 7) is 7.98. The van der Waals surface area contributed by atoms with E-state index in [4.69, 9.17) is 17.3 Å². The molecule has 0 saturated carbocycles. The fourth-order valence-electron chi connectivity index (χ4n) is 1.91. The van der Waals surface area contributed by atoms with Gasteiger partial charge in [-0.05, 0) is 39.3 Å².